The molecule has 0 heterocycles. The number of nitrogens with one attached hydrogen (secondary N) is 1. The van der Waals surface area contributed by atoms with Crippen LogP contribution in [0.3, 0.4) is 0 Å². The van der Waals surface area contributed by atoms with Crippen molar-refractivity contribution >= 4 is 10.2 Å². The van der Waals surface area contributed by atoms with Crippen LogP contribution in [-0.4, -0.2) is 37.5 Å². The van der Waals surface area contributed by atoms with Crippen molar-refractivity contribution < 1.29 is 13.5 Å². The minimum atomic E-state index is -3.56. The second kappa shape index (κ2) is 5.58. The molecule has 1 aromatic carbocycles. The molecule has 2 rings (SSSR count). The van der Waals surface area contributed by atoms with Crippen LogP contribution < -0.4 is 4.72 Å². The predicted octanol–water partition coefficient (Wildman–Crippen LogP) is 0.821. The molecule has 0 spiro atoms. The Morgan fingerprint density at radius 1 is 1.42 bits per heavy atom. The number of hydrogen-bond donors (Lipinski definition) is 2. The van der Waals surface area contributed by atoms with E-state index in [1.54, 1.807) is 7.05 Å². The van der Waals surface area contributed by atoms with Crippen LogP contribution in [0.4, 0.5) is 0 Å². The Balaban J connectivity index is 2.20. The molecule has 0 saturated carbocycles. The van der Waals surface area contributed by atoms with Crippen molar-refractivity contribution in [2.24, 2.45) is 0 Å². The maximum Gasteiger partial charge on any atom is 0.279 e. The van der Waals surface area contributed by atoms with Gasteiger partial charge in [0.15, 0.2) is 0 Å². The lowest BCUT2D eigenvalue weighted by atomic mass is 10.1. The fourth-order valence-corrected chi connectivity index (χ4v) is 3.61. The van der Waals surface area contributed by atoms with Crippen molar-refractivity contribution in [1.82, 2.24) is 9.03 Å². The van der Waals surface area contributed by atoms with Gasteiger partial charge in [-0.3, -0.25) is 0 Å². The molecule has 0 fully saturated rings. The van der Waals surface area contributed by atoms with Crippen LogP contribution in [0.2, 0.25) is 0 Å². The average Bonchev–Trinajstić information content (AvgIpc) is 2.66. The van der Waals surface area contributed by atoms with E-state index >= 15 is 0 Å². The second-order valence-electron chi connectivity index (χ2n) is 4.89. The Kier molecular flexibility index (Phi) is 4.25. The van der Waals surface area contributed by atoms with Crippen molar-refractivity contribution in [1.29, 1.82) is 0 Å². The molecule has 106 valence electrons. The highest BCUT2D eigenvalue weighted by molar-refractivity contribution is 7.87. The van der Waals surface area contributed by atoms with Gasteiger partial charge >= 0.3 is 0 Å². The lowest BCUT2D eigenvalue weighted by molar-refractivity contribution is 0.150. The van der Waals surface area contributed by atoms with Gasteiger partial charge in [0, 0.05) is 20.0 Å². The van der Waals surface area contributed by atoms with Gasteiger partial charge < -0.3 is 5.11 Å². The van der Waals surface area contributed by atoms with Gasteiger partial charge in [0.1, 0.15) is 0 Å². The molecular weight excluding hydrogens is 264 g/mol. The maximum absolute atomic E-state index is 12.1. The molecule has 0 bridgehead atoms. The third-order valence-corrected chi connectivity index (χ3v) is 4.98. The molecule has 1 aliphatic carbocycles. The van der Waals surface area contributed by atoms with Gasteiger partial charge in [-0.05, 0) is 17.5 Å². The second-order valence-corrected chi connectivity index (χ2v) is 6.70. The highest BCUT2D eigenvalue weighted by atomic mass is 32.2. The normalized spacial score (nSPS) is 22.7. The zero-order valence-electron chi connectivity index (χ0n) is 11.2. The lowest BCUT2D eigenvalue weighted by Crippen LogP contribution is -2.42. The molecule has 0 unspecified atom stereocenters. The van der Waals surface area contributed by atoms with Crippen LogP contribution in [0, 0.1) is 0 Å². The Bertz CT molecular complexity index is 545. The van der Waals surface area contributed by atoms with Gasteiger partial charge in [-0.25, -0.2) is 0 Å². The van der Waals surface area contributed by atoms with Crippen molar-refractivity contribution in [3.8, 4) is 0 Å². The molecule has 0 radical (unpaired) electrons. The summed E-state index contributed by atoms with van der Waals surface area (Å²) < 4.78 is 28.1. The summed E-state index contributed by atoms with van der Waals surface area (Å²) in [6.07, 6.45) is 0.532. The summed E-state index contributed by atoms with van der Waals surface area (Å²) in [6.45, 7) is 2.38. The molecule has 19 heavy (non-hydrogen) atoms. The molecule has 0 aliphatic heterocycles. The maximum atomic E-state index is 12.1. The first kappa shape index (κ1) is 14.5. The van der Waals surface area contributed by atoms with Gasteiger partial charge in [0.2, 0.25) is 0 Å². The molecule has 0 saturated heterocycles. The predicted molar refractivity (Wildman–Crippen MR) is 73.9 cm³/mol. The van der Waals surface area contributed by atoms with Crippen LogP contribution in [0.5, 0.6) is 0 Å². The van der Waals surface area contributed by atoms with Crippen molar-refractivity contribution in [3.63, 3.8) is 0 Å². The molecule has 2 N–H and O–H groups in total. The first-order chi connectivity index (χ1) is 8.95. The Hall–Kier alpha value is -0.950. The SMILES string of the molecule is CCCN(C)S(=O)(=O)N[C@@H]1c2ccccc2C[C@@H]1O. The summed E-state index contributed by atoms with van der Waals surface area (Å²) in [5.74, 6) is 0. The van der Waals surface area contributed by atoms with Gasteiger partial charge in [-0.1, -0.05) is 31.2 Å². The summed E-state index contributed by atoms with van der Waals surface area (Å²) in [7, 11) is -2.02. The number of nitrogens with zero attached hydrogens (tertiary/aromatic N) is 1. The van der Waals surface area contributed by atoms with Crippen LogP contribution >= 0.6 is 0 Å². The topological polar surface area (TPSA) is 69.6 Å². The van der Waals surface area contributed by atoms with Crippen LogP contribution in [-0.2, 0) is 16.6 Å². The summed E-state index contributed by atoms with van der Waals surface area (Å²) in [4.78, 5) is 0. The lowest BCUT2D eigenvalue weighted by Gasteiger charge is -2.22. The van der Waals surface area contributed by atoms with E-state index in [2.05, 4.69) is 4.72 Å². The van der Waals surface area contributed by atoms with Crippen LogP contribution in [0.1, 0.15) is 30.5 Å². The van der Waals surface area contributed by atoms with E-state index in [9.17, 15) is 13.5 Å². The van der Waals surface area contributed by atoms with E-state index in [0.29, 0.717) is 13.0 Å². The fourth-order valence-electron chi connectivity index (χ4n) is 2.40. The van der Waals surface area contributed by atoms with Crippen LogP contribution in [0.25, 0.3) is 0 Å². The quantitative estimate of drug-likeness (QED) is 0.841. The largest absolute Gasteiger partial charge is 0.391 e. The van der Waals surface area contributed by atoms with Crippen molar-refractivity contribution in [2.75, 3.05) is 13.6 Å². The van der Waals surface area contributed by atoms with Gasteiger partial charge in [0.05, 0.1) is 12.1 Å². The van der Waals surface area contributed by atoms with E-state index < -0.39 is 22.4 Å². The summed E-state index contributed by atoms with van der Waals surface area (Å²) in [6, 6.07) is 6.97. The molecular formula is C13H20N2O3S. The van der Waals surface area contributed by atoms with E-state index in [-0.39, 0.29) is 0 Å². The van der Waals surface area contributed by atoms with Crippen molar-refractivity contribution in [2.45, 2.75) is 31.9 Å². The number of aliphatic hydroxyl groups is 1. The van der Waals surface area contributed by atoms with E-state index in [1.165, 1.54) is 4.31 Å². The molecule has 2 atom stereocenters. The third kappa shape index (κ3) is 2.97. The Labute approximate surface area is 114 Å². The summed E-state index contributed by atoms with van der Waals surface area (Å²) in [5, 5.41) is 10.0. The zero-order chi connectivity index (χ0) is 14.0. The highest BCUT2D eigenvalue weighted by Gasteiger charge is 2.34. The number of rotatable bonds is 5. The molecule has 0 aromatic heterocycles. The minimum absolute atomic E-state index is 0.458. The van der Waals surface area contributed by atoms with E-state index in [4.69, 9.17) is 0 Å². The Morgan fingerprint density at radius 2 is 2.11 bits per heavy atom. The van der Waals surface area contributed by atoms with Gasteiger partial charge in [0.25, 0.3) is 10.2 Å². The first-order valence-electron chi connectivity index (χ1n) is 6.45. The molecule has 0 amide bonds. The number of aliphatic hydroxyl groups excluding tert-OH is 1. The van der Waals surface area contributed by atoms with Crippen LogP contribution in [0.15, 0.2) is 24.3 Å². The van der Waals surface area contributed by atoms with Gasteiger partial charge in [-0.15, -0.1) is 0 Å². The zero-order valence-corrected chi connectivity index (χ0v) is 12.0. The summed E-state index contributed by atoms with van der Waals surface area (Å²) >= 11 is 0. The van der Waals surface area contributed by atoms with E-state index in [1.807, 2.05) is 31.2 Å². The molecule has 1 aliphatic rings. The molecule has 6 heteroatoms. The van der Waals surface area contributed by atoms with Crippen molar-refractivity contribution in [3.05, 3.63) is 35.4 Å². The fraction of sp³-hybridized carbons (Fsp3) is 0.538. The number of hydrogen-bond acceptors (Lipinski definition) is 3. The highest BCUT2D eigenvalue weighted by Crippen LogP contribution is 2.31. The van der Waals surface area contributed by atoms with E-state index in [0.717, 1.165) is 17.5 Å². The summed E-state index contributed by atoms with van der Waals surface area (Å²) in [5.41, 5.74) is 1.87. The smallest absolute Gasteiger partial charge is 0.279 e. The minimum Gasteiger partial charge on any atom is -0.391 e. The molecule has 5 nitrogen and oxygen atoms in total. The Morgan fingerprint density at radius 3 is 2.79 bits per heavy atom. The number of benzene rings is 1. The van der Waals surface area contributed by atoms with Gasteiger partial charge in [-0.2, -0.15) is 17.4 Å². The molecule has 1 aromatic rings. The monoisotopic (exact) mass is 284 g/mol. The standard InChI is InChI=1S/C13H20N2O3S/c1-3-8-15(2)19(17,18)14-13-11-7-5-4-6-10(11)9-12(13)16/h4-7,12-14,16H,3,8-9H2,1-2H3/t12-,13+/m0/s1. The average molecular weight is 284 g/mol. The third-order valence-electron chi connectivity index (χ3n) is 3.43. The first-order valence-corrected chi connectivity index (χ1v) is 7.89. The number of fused-ring (bicyclic) bond motifs is 1.